The molecule has 0 aliphatic carbocycles. The summed E-state index contributed by atoms with van der Waals surface area (Å²) in [6, 6.07) is 7.95. The average Bonchev–Trinajstić information content (AvgIpc) is 2.94. The molecule has 1 N–H and O–H groups in total. The number of hydrogen-bond acceptors (Lipinski definition) is 4. The van der Waals surface area contributed by atoms with Crippen LogP contribution in [-0.2, 0) is 16.6 Å². The van der Waals surface area contributed by atoms with E-state index in [0.717, 1.165) is 5.69 Å². The Morgan fingerprint density at radius 3 is 2.39 bits per heavy atom. The average molecular weight is 315 g/mol. The van der Waals surface area contributed by atoms with Gasteiger partial charge in [0.1, 0.15) is 0 Å². The summed E-state index contributed by atoms with van der Waals surface area (Å²) < 4.78 is 5.14. The van der Waals surface area contributed by atoms with Crippen LogP contribution in [0.2, 0.25) is 0 Å². The van der Waals surface area contributed by atoms with E-state index in [-0.39, 0.29) is 17.2 Å². The quantitative estimate of drug-likeness (QED) is 0.903. The molecular weight excluding hydrogens is 290 g/mol. The van der Waals surface area contributed by atoms with Gasteiger partial charge in [0.05, 0.1) is 0 Å². The molecule has 2 rings (SSSR count). The van der Waals surface area contributed by atoms with Gasteiger partial charge in [0.25, 0.3) is 0 Å². The number of hydrogen-bond donors (Lipinski definition) is 1. The lowest BCUT2D eigenvalue weighted by molar-refractivity contribution is -0.116. The summed E-state index contributed by atoms with van der Waals surface area (Å²) in [6.07, 6.45) is 0.770. The SMILES string of the molecule is CC(C)c1noc(CCC(=O)Nc2ccc(C(C)(C)C)cc2)n1. The van der Waals surface area contributed by atoms with Gasteiger partial charge in [-0.05, 0) is 23.1 Å². The molecule has 0 atom stereocenters. The van der Waals surface area contributed by atoms with Crippen LogP contribution in [0, 0.1) is 0 Å². The van der Waals surface area contributed by atoms with E-state index in [2.05, 4.69) is 36.2 Å². The lowest BCUT2D eigenvalue weighted by Gasteiger charge is -2.19. The standard InChI is InChI=1S/C18H25N3O2/c1-12(2)17-20-16(23-21-17)11-10-15(22)19-14-8-6-13(7-9-14)18(3,4)5/h6-9,12H,10-11H2,1-5H3,(H,19,22). The van der Waals surface area contributed by atoms with Crippen LogP contribution in [0.4, 0.5) is 5.69 Å². The third kappa shape index (κ3) is 4.91. The Labute approximate surface area is 137 Å². The highest BCUT2D eigenvalue weighted by atomic mass is 16.5. The minimum atomic E-state index is -0.0576. The molecule has 5 heteroatoms. The molecule has 0 spiro atoms. The third-order valence-electron chi connectivity index (χ3n) is 3.60. The van der Waals surface area contributed by atoms with Gasteiger partial charge < -0.3 is 9.84 Å². The molecule has 0 unspecified atom stereocenters. The molecular formula is C18H25N3O2. The summed E-state index contributed by atoms with van der Waals surface area (Å²) in [6.45, 7) is 10.5. The van der Waals surface area contributed by atoms with Crippen molar-refractivity contribution < 1.29 is 9.32 Å². The monoisotopic (exact) mass is 315 g/mol. The fourth-order valence-corrected chi connectivity index (χ4v) is 2.10. The zero-order valence-corrected chi connectivity index (χ0v) is 14.5. The van der Waals surface area contributed by atoms with Crippen molar-refractivity contribution in [2.75, 3.05) is 5.32 Å². The summed E-state index contributed by atoms with van der Waals surface area (Å²) in [5.41, 5.74) is 2.15. The van der Waals surface area contributed by atoms with E-state index in [0.29, 0.717) is 24.6 Å². The van der Waals surface area contributed by atoms with Crippen LogP contribution in [0.5, 0.6) is 0 Å². The van der Waals surface area contributed by atoms with Crippen molar-refractivity contribution >= 4 is 11.6 Å². The minimum Gasteiger partial charge on any atom is -0.339 e. The Morgan fingerprint density at radius 1 is 1.22 bits per heavy atom. The van der Waals surface area contributed by atoms with Crippen molar-refractivity contribution in [3.05, 3.63) is 41.5 Å². The van der Waals surface area contributed by atoms with Crippen molar-refractivity contribution in [3.63, 3.8) is 0 Å². The molecule has 124 valence electrons. The van der Waals surface area contributed by atoms with Crippen LogP contribution < -0.4 is 5.32 Å². The van der Waals surface area contributed by atoms with Crippen molar-refractivity contribution in [2.45, 2.75) is 58.8 Å². The van der Waals surface area contributed by atoms with Gasteiger partial charge in [-0.25, -0.2) is 0 Å². The van der Waals surface area contributed by atoms with E-state index in [1.165, 1.54) is 5.56 Å². The molecule has 5 nitrogen and oxygen atoms in total. The van der Waals surface area contributed by atoms with Gasteiger partial charge in [0.15, 0.2) is 5.82 Å². The van der Waals surface area contributed by atoms with Crippen LogP contribution in [0.1, 0.15) is 64.2 Å². The summed E-state index contributed by atoms with van der Waals surface area (Å²) in [7, 11) is 0. The number of aryl methyl sites for hydroxylation is 1. The highest BCUT2D eigenvalue weighted by Gasteiger charge is 2.14. The Kier molecular flexibility index (Phi) is 5.19. The Hall–Kier alpha value is -2.17. The van der Waals surface area contributed by atoms with E-state index < -0.39 is 0 Å². The second-order valence-corrected chi connectivity index (χ2v) is 7.08. The summed E-state index contributed by atoms with van der Waals surface area (Å²) in [4.78, 5) is 16.3. The molecule has 1 aromatic carbocycles. The lowest BCUT2D eigenvalue weighted by atomic mass is 9.87. The first-order chi connectivity index (χ1) is 10.8. The fourth-order valence-electron chi connectivity index (χ4n) is 2.10. The Morgan fingerprint density at radius 2 is 1.87 bits per heavy atom. The van der Waals surface area contributed by atoms with E-state index >= 15 is 0 Å². The number of aromatic nitrogens is 2. The summed E-state index contributed by atoms with van der Waals surface area (Å²) in [5, 5.41) is 6.78. The Bertz CT molecular complexity index is 652. The van der Waals surface area contributed by atoms with Gasteiger partial charge in [0, 0.05) is 24.4 Å². The van der Waals surface area contributed by atoms with Crippen molar-refractivity contribution in [3.8, 4) is 0 Å². The number of nitrogens with zero attached hydrogens (tertiary/aromatic N) is 2. The van der Waals surface area contributed by atoms with Gasteiger partial charge in [0.2, 0.25) is 11.8 Å². The maximum atomic E-state index is 12.0. The molecule has 1 heterocycles. The maximum absolute atomic E-state index is 12.0. The first kappa shape index (κ1) is 17.2. The second kappa shape index (κ2) is 6.94. The molecule has 0 aliphatic rings. The van der Waals surface area contributed by atoms with Crippen LogP contribution in [0.3, 0.4) is 0 Å². The summed E-state index contributed by atoms with van der Waals surface area (Å²) in [5.74, 6) is 1.35. The van der Waals surface area contributed by atoms with Crippen molar-refractivity contribution in [1.82, 2.24) is 10.1 Å². The molecule has 0 bridgehead atoms. The number of nitrogens with one attached hydrogen (secondary N) is 1. The van der Waals surface area contributed by atoms with Gasteiger partial charge >= 0.3 is 0 Å². The molecule has 0 radical (unpaired) electrons. The van der Waals surface area contributed by atoms with E-state index in [1.54, 1.807) is 0 Å². The molecule has 1 aromatic heterocycles. The number of carbonyl (C=O) groups is 1. The number of carbonyl (C=O) groups excluding carboxylic acids is 1. The van der Waals surface area contributed by atoms with Crippen LogP contribution >= 0.6 is 0 Å². The minimum absolute atomic E-state index is 0.0576. The van der Waals surface area contributed by atoms with Gasteiger partial charge in [-0.3, -0.25) is 4.79 Å². The Balaban J connectivity index is 1.87. The van der Waals surface area contributed by atoms with Crippen molar-refractivity contribution in [1.29, 1.82) is 0 Å². The van der Waals surface area contributed by atoms with Crippen LogP contribution in [-0.4, -0.2) is 16.0 Å². The number of rotatable bonds is 5. The first-order valence-corrected chi connectivity index (χ1v) is 7.98. The molecule has 23 heavy (non-hydrogen) atoms. The van der Waals surface area contributed by atoms with E-state index in [9.17, 15) is 4.79 Å². The highest BCUT2D eigenvalue weighted by Crippen LogP contribution is 2.23. The fraction of sp³-hybridized carbons (Fsp3) is 0.500. The maximum Gasteiger partial charge on any atom is 0.227 e. The van der Waals surface area contributed by atoms with Gasteiger partial charge in [-0.15, -0.1) is 0 Å². The van der Waals surface area contributed by atoms with E-state index in [1.807, 2.05) is 38.1 Å². The summed E-state index contributed by atoms with van der Waals surface area (Å²) >= 11 is 0. The van der Waals surface area contributed by atoms with Gasteiger partial charge in [-0.1, -0.05) is 51.9 Å². The molecule has 0 aliphatic heterocycles. The van der Waals surface area contributed by atoms with E-state index in [4.69, 9.17) is 4.52 Å². The first-order valence-electron chi connectivity index (χ1n) is 7.98. The zero-order chi connectivity index (χ0) is 17.0. The van der Waals surface area contributed by atoms with Crippen molar-refractivity contribution in [2.24, 2.45) is 0 Å². The topological polar surface area (TPSA) is 68.0 Å². The third-order valence-corrected chi connectivity index (χ3v) is 3.60. The van der Waals surface area contributed by atoms with Crippen LogP contribution in [0.25, 0.3) is 0 Å². The second-order valence-electron chi connectivity index (χ2n) is 7.08. The largest absolute Gasteiger partial charge is 0.339 e. The number of amides is 1. The van der Waals surface area contributed by atoms with Crippen LogP contribution in [0.15, 0.2) is 28.8 Å². The highest BCUT2D eigenvalue weighted by molar-refractivity contribution is 5.90. The molecule has 0 saturated carbocycles. The molecule has 2 aromatic rings. The normalized spacial score (nSPS) is 11.7. The zero-order valence-electron chi connectivity index (χ0n) is 14.5. The van der Waals surface area contributed by atoms with Gasteiger partial charge in [-0.2, -0.15) is 4.98 Å². The predicted molar refractivity (Wildman–Crippen MR) is 90.5 cm³/mol. The molecule has 0 fully saturated rings. The number of benzene rings is 1. The number of anilines is 1. The molecule has 1 amide bonds. The predicted octanol–water partition coefficient (Wildman–Crippen LogP) is 4.06. The smallest absolute Gasteiger partial charge is 0.227 e. The lowest BCUT2D eigenvalue weighted by Crippen LogP contribution is -2.14. The molecule has 0 saturated heterocycles.